The van der Waals surface area contributed by atoms with Crippen molar-refractivity contribution in [3.63, 3.8) is 0 Å². The molecule has 1 heterocycles. The van der Waals surface area contributed by atoms with E-state index in [-0.39, 0.29) is 5.76 Å². The number of hydrogen-bond acceptors (Lipinski definition) is 5. The summed E-state index contributed by atoms with van der Waals surface area (Å²) in [5, 5.41) is 18.3. The Morgan fingerprint density at radius 1 is 1.12 bits per heavy atom. The average molecular weight is 348 g/mol. The van der Waals surface area contributed by atoms with Crippen LogP contribution in [0.2, 0.25) is 0 Å². The maximum atomic E-state index is 14.1. The Morgan fingerprint density at radius 2 is 1.83 bits per heavy atom. The molecule has 0 radical (unpaired) electrons. The van der Waals surface area contributed by atoms with Crippen molar-refractivity contribution >= 4 is 10.0 Å². The standard InChI is InChI=1S/C16H13FN2O4S/c17-12-8-11(6-7-14(12)24(18,21)22)15-13(9-20)23-19-16(15)10-4-2-1-3-5-10/h1-8,20H,9H2,(H2,18,21,22). The minimum absolute atomic E-state index is 0.150. The fourth-order valence-corrected chi connectivity index (χ4v) is 3.00. The molecular weight excluding hydrogens is 335 g/mol. The molecule has 0 aliphatic carbocycles. The Hall–Kier alpha value is -2.55. The van der Waals surface area contributed by atoms with Gasteiger partial charge in [-0.1, -0.05) is 41.6 Å². The van der Waals surface area contributed by atoms with Gasteiger partial charge in [-0.15, -0.1) is 0 Å². The average Bonchev–Trinajstić information content (AvgIpc) is 2.98. The van der Waals surface area contributed by atoms with Crippen LogP contribution in [0.15, 0.2) is 57.9 Å². The van der Waals surface area contributed by atoms with E-state index >= 15 is 0 Å². The van der Waals surface area contributed by atoms with Crippen LogP contribution in [-0.4, -0.2) is 18.7 Å². The molecule has 0 bridgehead atoms. The largest absolute Gasteiger partial charge is 0.388 e. The number of nitrogens with two attached hydrogens (primary N) is 1. The van der Waals surface area contributed by atoms with Gasteiger partial charge in [-0.2, -0.15) is 0 Å². The Kier molecular flexibility index (Phi) is 4.18. The van der Waals surface area contributed by atoms with Gasteiger partial charge in [0.05, 0.1) is 5.56 Å². The molecule has 0 saturated heterocycles. The van der Waals surface area contributed by atoms with Gasteiger partial charge in [-0.3, -0.25) is 0 Å². The Morgan fingerprint density at radius 3 is 2.42 bits per heavy atom. The molecule has 0 saturated carbocycles. The summed E-state index contributed by atoms with van der Waals surface area (Å²) in [6.45, 7) is -0.437. The first kappa shape index (κ1) is 16.3. The zero-order chi connectivity index (χ0) is 17.3. The van der Waals surface area contributed by atoms with Crippen LogP contribution < -0.4 is 5.14 Å². The number of aromatic nitrogens is 1. The molecule has 0 unspecified atom stereocenters. The second kappa shape index (κ2) is 6.16. The van der Waals surface area contributed by atoms with Crippen LogP contribution in [0, 0.1) is 5.82 Å². The molecule has 124 valence electrons. The molecule has 0 aliphatic heterocycles. The predicted molar refractivity (Wildman–Crippen MR) is 84.6 cm³/mol. The van der Waals surface area contributed by atoms with Crippen LogP contribution in [-0.2, 0) is 16.6 Å². The first-order valence-electron chi connectivity index (χ1n) is 6.89. The van der Waals surface area contributed by atoms with Gasteiger partial charge in [0, 0.05) is 5.56 Å². The lowest BCUT2D eigenvalue weighted by molar-refractivity contribution is 0.230. The Bertz CT molecular complexity index is 985. The van der Waals surface area contributed by atoms with Crippen LogP contribution in [0.1, 0.15) is 5.76 Å². The fourth-order valence-electron chi connectivity index (χ4n) is 2.41. The van der Waals surface area contributed by atoms with E-state index in [9.17, 15) is 17.9 Å². The van der Waals surface area contributed by atoms with E-state index in [0.29, 0.717) is 22.4 Å². The zero-order valence-electron chi connectivity index (χ0n) is 12.3. The van der Waals surface area contributed by atoms with E-state index in [4.69, 9.17) is 9.66 Å². The highest BCUT2D eigenvalue weighted by molar-refractivity contribution is 7.89. The summed E-state index contributed by atoms with van der Waals surface area (Å²) in [6.07, 6.45) is 0. The summed E-state index contributed by atoms with van der Waals surface area (Å²) in [4.78, 5) is -0.602. The summed E-state index contributed by atoms with van der Waals surface area (Å²) in [6, 6.07) is 12.5. The molecule has 24 heavy (non-hydrogen) atoms. The maximum Gasteiger partial charge on any atom is 0.240 e. The van der Waals surface area contributed by atoms with Crippen molar-refractivity contribution in [3.05, 3.63) is 60.1 Å². The highest BCUT2D eigenvalue weighted by Crippen LogP contribution is 2.35. The molecular formula is C16H13FN2O4S. The van der Waals surface area contributed by atoms with Crippen LogP contribution >= 0.6 is 0 Å². The summed E-state index contributed by atoms with van der Waals surface area (Å²) in [5.41, 5.74) is 1.85. The van der Waals surface area contributed by atoms with Gasteiger partial charge in [0.15, 0.2) is 5.76 Å². The normalized spacial score (nSPS) is 11.6. The van der Waals surface area contributed by atoms with Crippen molar-refractivity contribution in [2.24, 2.45) is 5.14 Å². The van der Waals surface area contributed by atoms with Gasteiger partial charge >= 0.3 is 0 Å². The number of aliphatic hydroxyl groups is 1. The van der Waals surface area contributed by atoms with E-state index in [0.717, 1.165) is 12.1 Å². The van der Waals surface area contributed by atoms with E-state index in [1.54, 1.807) is 24.3 Å². The van der Waals surface area contributed by atoms with Crippen molar-refractivity contribution in [3.8, 4) is 22.4 Å². The fraction of sp³-hybridized carbons (Fsp3) is 0.0625. The summed E-state index contributed by atoms with van der Waals surface area (Å²) < 4.78 is 41.9. The Balaban J connectivity index is 2.20. The second-order valence-electron chi connectivity index (χ2n) is 5.04. The summed E-state index contributed by atoms with van der Waals surface area (Å²) in [7, 11) is -4.16. The van der Waals surface area contributed by atoms with Crippen LogP contribution in [0.3, 0.4) is 0 Å². The zero-order valence-corrected chi connectivity index (χ0v) is 13.1. The third kappa shape index (κ3) is 2.94. The molecule has 0 atom stereocenters. The van der Waals surface area contributed by atoms with Gasteiger partial charge in [0.1, 0.15) is 23.0 Å². The van der Waals surface area contributed by atoms with E-state index in [1.807, 2.05) is 6.07 Å². The predicted octanol–water partition coefficient (Wildman–Crippen LogP) is 2.29. The minimum Gasteiger partial charge on any atom is -0.388 e. The van der Waals surface area contributed by atoms with Crippen LogP contribution in [0.25, 0.3) is 22.4 Å². The van der Waals surface area contributed by atoms with Gasteiger partial charge < -0.3 is 9.63 Å². The number of aliphatic hydroxyl groups excluding tert-OH is 1. The third-order valence-electron chi connectivity index (χ3n) is 3.48. The van der Waals surface area contributed by atoms with Gasteiger partial charge in [0.25, 0.3) is 0 Å². The van der Waals surface area contributed by atoms with E-state index < -0.39 is 27.3 Å². The van der Waals surface area contributed by atoms with Crippen LogP contribution in [0.4, 0.5) is 4.39 Å². The topological polar surface area (TPSA) is 106 Å². The van der Waals surface area contributed by atoms with Gasteiger partial charge in [-0.05, 0) is 17.7 Å². The molecule has 0 fully saturated rings. The number of nitrogens with zero attached hydrogens (tertiary/aromatic N) is 1. The number of hydrogen-bond donors (Lipinski definition) is 2. The molecule has 0 amide bonds. The number of sulfonamides is 1. The van der Waals surface area contributed by atoms with E-state index in [1.165, 1.54) is 6.07 Å². The molecule has 3 rings (SSSR count). The monoisotopic (exact) mass is 348 g/mol. The quantitative estimate of drug-likeness (QED) is 0.752. The summed E-state index contributed by atoms with van der Waals surface area (Å²) in [5.74, 6) is -0.837. The van der Waals surface area contributed by atoms with E-state index in [2.05, 4.69) is 5.16 Å². The molecule has 6 nitrogen and oxygen atoms in total. The Labute approximate surface area is 137 Å². The lowest BCUT2D eigenvalue weighted by Crippen LogP contribution is -2.14. The van der Waals surface area contributed by atoms with Crippen LogP contribution in [0.5, 0.6) is 0 Å². The number of benzene rings is 2. The first-order valence-corrected chi connectivity index (χ1v) is 8.44. The smallest absolute Gasteiger partial charge is 0.240 e. The highest BCUT2D eigenvalue weighted by atomic mass is 32.2. The molecule has 3 N–H and O–H groups in total. The summed E-state index contributed by atoms with van der Waals surface area (Å²) >= 11 is 0. The molecule has 8 heteroatoms. The SMILES string of the molecule is NS(=O)(=O)c1ccc(-c2c(-c3ccccc3)noc2CO)cc1F. The number of primary sulfonamides is 1. The van der Waals surface area contributed by atoms with Gasteiger partial charge in [0.2, 0.25) is 10.0 Å². The number of halogens is 1. The third-order valence-corrected chi connectivity index (χ3v) is 4.42. The molecule has 3 aromatic rings. The van der Waals surface area contributed by atoms with Crippen molar-refractivity contribution in [2.45, 2.75) is 11.5 Å². The highest BCUT2D eigenvalue weighted by Gasteiger charge is 2.21. The van der Waals surface area contributed by atoms with Crippen molar-refractivity contribution in [2.75, 3.05) is 0 Å². The first-order chi connectivity index (χ1) is 11.4. The van der Waals surface area contributed by atoms with Gasteiger partial charge in [-0.25, -0.2) is 17.9 Å². The lowest BCUT2D eigenvalue weighted by atomic mass is 9.99. The molecule has 0 spiro atoms. The lowest BCUT2D eigenvalue weighted by Gasteiger charge is -2.06. The molecule has 0 aliphatic rings. The van der Waals surface area contributed by atoms with Crippen molar-refractivity contribution in [1.82, 2.24) is 5.16 Å². The molecule has 2 aromatic carbocycles. The molecule has 1 aromatic heterocycles. The minimum atomic E-state index is -4.16. The maximum absolute atomic E-state index is 14.1. The van der Waals surface area contributed by atoms with Crippen molar-refractivity contribution in [1.29, 1.82) is 0 Å². The number of rotatable bonds is 4. The van der Waals surface area contributed by atoms with Crippen molar-refractivity contribution < 1.29 is 22.4 Å². The second-order valence-corrected chi connectivity index (χ2v) is 6.57.